The topological polar surface area (TPSA) is 44.8 Å². The van der Waals surface area contributed by atoms with Crippen LogP contribution < -0.4 is 9.47 Å². The molecule has 176 valence electrons. The Kier molecular flexibility index (Phi) is 10.00. The van der Waals surface area contributed by atoms with Gasteiger partial charge in [0.2, 0.25) is 0 Å². The Bertz CT molecular complexity index is 914. The van der Waals surface area contributed by atoms with Crippen LogP contribution in [-0.4, -0.2) is 31.2 Å². The van der Waals surface area contributed by atoms with Gasteiger partial charge < -0.3 is 14.2 Å². The van der Waals surface area contributed by atoms with Gasteiger partial charge in [-0.25, -0.2) is 0 Å². The standard InChI is InChI=1S/C25H31Cl3O4/c1-6-16(2)14-30-23-9-7-18(11-21(23)27)25(4,5)19-8-10-24(22(28)12-19)31-15-20(13-26)32-17(3)29/h7-12,16,20H,6,13-15H2,1-5H3/t16-,20+/m1/s1. The van der Waals surface area contributed by atoms with Crippen molar-refractivity contribution in [3.05, 3.63) is 57.6 Å². The van der Waals surface area contributed by atoms with E-state index in [1.807, 2.05) is 36.4 Å². The maximum atomic E-state index is 11.1. The fourth-order valence-corrected chi connectivity index (χ4v) is 3.68. The summed E-state index contributed by atoms with van der Waals surface area (Å²) in [5, 5.41) is 1.05. The number of carbonyl (C=O) groups is 1. The first kappa shape index (κ1) is 26.6. The fraction of sp³-hybridized carbons (Fsp3) is 0.480. The van der Waals surface area contributed by atoms with Gasteiger partial charge in [0.05, 0.1) is 22.5 Å². The molecule has 2 aromatic carbocycles. The molecule has 2 atom stereocenters. The number of esters is 1. The minimum absolute atomic E-state index is 0.124. The number of ether oxygens (including phenoxy) is 3. The lowest BCUT2D eigenvalue weighted by Gasteiger charge is -2.27. The van der Waals surface area contributed by atoms with E-state index in [0.717, 1.165) is 17.5 Å². The van der Waals surface area contributed by atoms with Crippen LogP contribution in [0.2, 0.25) is 10.0 Å². The molecule has 0 bridgehead atoms. The molecule has 0 fully saturated rings. The number of hydrogen-bond acceptors (Lipinski definition) is 4. The van der Waals surface area contributed by atoms with Crippen LogP contribution in [0.1, 0.15) is 52.2 Å². The summed E-state index contributed by atoms with van der Waals surface area (Å²) in [6.07, 6.45) is 0.518. The van der Waals surface area contributed by atoms with Crippen LogP contribution in [0.4, 0.5) is 0 Å². The molecular weight excluding hydrogens is 471 g/mol. The summed E-state index contributed by atoms with van der Waals surface area (Å²) in [6, 6.07) is 11.5. The van der Waals surface area contributed by atoms with Gasteiger partial charge in [0.15, 0.2) is 0 Å². The second-order valence-electron chi connectivity index (χ2n) is 8.44. The van der Waals surface area contributed by atoms with Gasteiger partial charge in [-0.3, -0.25) is 4.79 Å². The molecule has 0 aromatic heterocycles. The average molecular weight is 502 g/mol. The van der Waals surface area contributed by atoms with Crippen LogP contribution in [0.15, 0.2) is 36.4 Å². The van der Waals surface area contributed by atoms with Gasteiger partial charge in [0, 0.05) is 12.3 Å². The second kappa shape index (κ2) is 12.0. The van der Waals surface area contributed by atoms with Crippen molar-refractivity contribution in [1.82, 2.24) is 0 Å². The lowest BCUT2D eigenvalue weighted by molar-refractivity contribution is -0.146. The van der Waals surface area contributed by atoms with Crippen LogP contribution >= 0.6 is 34.8 Å². The van der Waals surface area contributed by atoms with E-state index < -0.39 is 12.1 Å². The zero-order valence-electron chi connectivity index (χ0n) is 19.2. The van der Waals surface area contributed by atoms with E-state index in [1.54, 1.807) is 0 Å². The van der Waals surface area contributed by atoms with Crippen LogP contribution in [0.3, 0.4) is 0 Å². The molecule has 32 heavy (non-hydrogen) atoms. The summed E-state index contributed by atoms with van der Waals surface area (Å²) in [6.45, 7) is 10.6. The predicted molar refractivity (Wildman–Crippen MR) is 132 cm³/mol. The smallest absolute Gasteiger partial charge is 0.303 e. The quantitative estimate of drug-likeness (QED) is 0.239. The number of halogens is 3. The molecular formula is C25H31Cl3O4. The summed E-state index contributed by atoms with van der Waals surface area (Å²) in [4.78, 5) is 11.1. The third-order valence-corrected chi connectivity index (χ3v) is 6.39. The summed E-state index contributed by atoms with van der Waals surface area (Å²) in [7, 11) is 0. The molecule has 0 aliphatic carbocycles. The lowest BCUT2D eigenvalue weighted by atomic mass is 9.78. The van der Waals surface area contributed by atoms with E-state index in [4.69, 9.17) is 49.0 Å². The Hall–Kier alpha value is -1.62. The van der Waals surface area contributed by atoms with Crippen LogP contribution in [-0.2, 0) is 14.9 Å². The number of hydrogen-bond donors (Lipinski definition) is 0. The van der Waals surface area contributed by atoms with E-state index in [9.17, 15) is 4.79 Å². The van der Waals surface area contributed by atoms with Crippen molar-refractivity contribution in [3.8, 4) is 11.5 Å². The monoisotopic (exact) mass is 500 g/mol. The minimum atomic E-state index is -0.537. The molecule has 2 rings (SSSR count). The Morgan fingerprint density at radius 3 is 1.88 bits per heavy atom. The first-order valence-corrected chi connectivity index (χ1v) is 12.0. The lowest BCUT2D eigenvalue weighted by Crippen LogP contribution is -2.25. The molecule has 2 aromatic rings. The summed E-state index contributed by atoms with van der Waals surface area (Å²) >= 11 is 18.8. The Labute approximate surface area is 206 Å². The molecule has 0 saturated heterocycles. The van der Waals surface area contributed by atoms with Gasteiger partial charge >= 0.3 is 5.97 Å². The maximum Gasteiger partial charge on any atom is 0.303 e. The molecule has 0 aliphatic rings. The fourth-order valence-electron chi connectivity index (χ4n) is 3.06. The summed E-state index contributed by atoms with van der Waals surface area (Å²) < 4.78 is 16.7. The molecule has 0 unspecified atom stereocenters. The molecule has 0 saturated carbocycles. The molecule has 0 amide bonds. The van der Waals surface area contributed by atoms with E-state index in [1.165, 1.54) is 6.92 Å². The predicted octanol–water partition coefficient (Wildman–Crippen LogP) is 7.29. The van der Waals surface area contributed by atoms with E-state index in [2.05, 4.69) is 27.7 Å². The maximum absolute atomic E-state index is 11.1. The summed E-state index contributed by atoms with van der Waals surface area (Å²) in [5.74, 6) is 1.39. The Balaban J connectivity index is 2.15. The molecule has 0 N–H and O–H groups in total. The Morgan fingerprint density at radius 1 is 0.969 bits per heavy atom. The number of alkyl halides is 1. The van der Waals surface area contributed by atoms with Crippen molar-refractivity contribution in [2.45, 2.75) is 52.6 Å². The first-order valence-electron chi connectivity index (χ1n) is 10.7. The van der Waals surface area contributed by atoms with Crippen molar-refractivity contribution in [2.75, 3.05) is 19.1 Å². The third kappa shape index (κ3) is 7.19. The largest absolute Gasteiger partial charge is 0.492 e. The zero-order chi connectivity index (χ0) is 23.9. The molecule has 0 radical (unpaired) electrons. The molecule has 7 heteroatoms. The van der Waals surface area contributed by atoms with Gasteiger partial charge in [-0.1, -0.05) is 69.5 Å². The highest BCUT2D eigenvalue weighted by Gasteiger charge is 2.25. The van der Waals surface area contributed by atoms with Crippen LogP contribution in [0.25, 0.3) is 0 Å². The number of rotatable bonds is 11. The van der Waals surface area contributed by atoms with Gasteiger partial charge in [-0.2, -0.15) is 0 Å². The van der Waals surface area contributed by atoms with Crippen LogP contribution in [0.5, 0.6) is 11.5 Å². The molecule has 0 aliphatic heterocycles. The van der Waals surface area contributed by atoms with Gasteiger partial charge in [0.1, 0.15) is 24.2 Å². The number of carbonyl (C=O) groups excluding carboxylic acids is 1. The van der Waals surface area contributed by atoms with E-state index in [0.29, 0.717) is 34.1 Å². The van der Waals surface area contributed by atoms with Gasteiger partial charge in [0.25, 0.3) is 0 Å². The third-order valence-electron chi connectivity index (χ3n) is 5.46. The van der Waals surface area contributed by atoms with Crippen molar-refractivity contribution in [2.24, 2.45) is 5.92 Å². The van der Waals surface area contributed by atoms with Crippen molar-refractivity contribution in [3.63, 3.8) is 0 Å². The average Bonchev–Trinajstić information content (AvgIpc) is 2.75. The van der Waals surface area contributed by atoms with Crippen LogP contribution in [0, 0.1) is 5.92 Å². The van der Waals surface area contributed by atoms with E-state index in [-0.39, 0.29) is 17.9 Å². The van der Waals surface area contributed by atoms with Gasteiger partial charge in [-0.05, 0) is 41.3 Å². The molecule has 0 spiro atoms. The van der Waals surface area contributed by atoms with Gasteiger partial charge in [-0.15, -0.1) is 11.6 Å². The summed E-state index contributed by atoms with van der Waals surface area (Å²) in [5.41, 5.74) is 1.70. The van der Waals surface area contributed by atoms with E-state index >= 15 is 0 Å². The van der Waals surface area contributed by atoms with Crippen molar-refractivity contribution >= 4 is 40.8 Å². The SMILES string of the molecule is CC[C@@H](C)COc1ccc(C(C)(C)c2ccc(OC[C@H](CCl)OC(C)=O)c(Cl)c2)cc1Cl. The zero-order valence-corrected chi connectivity index (χ0v) is 21.5. The molecule has 0 heterocycles. The highest BCUT2D eigenvalue weighted by atomic mass is 35.5. The first-order chi connectivity index (χ1) is 15.1. The van der Waals surface area contributed by atoms with Crippen molar-refractivity contribution in [1.29, 1.82) is 0 Å². The number of benzene rings is 2. The van der Waals surface area contributed by atoms with Crippen molar-refractivity contribution < 1.29 is 19.0 Å². The highest BCUT2D eigenvalue weighted by Crippen LogP contribution is 2.38. The minimum Gasteiger partial charge on any atom is -0.492 e. The highest BCUT2D eigenvalue weighted by molar-refractivity contribution is 6.32. The normalized spacial score (nSPS) is 13.4. The second-order valence-corrected chi connectivity index (χ2v) is 9.56. The molecule has 4 nitrogen and oxygen atoms in total. The Morgan fingerprint density at radius 2 is 1.47 bits per heavy atom.